The van der Waals surface area contributed by atoms with Crippen molar-refractivity contribution in [2.45, 2.75) is 12.8 Å². The predicted molar refractivity (Wildman–Crippen MR) is 63.2 cm³/mol. The molecule has 0 amide bonds. The molecule has 4 heteroatoms. The second kappa shape index (κ2) is 7.12. The van der Waals surface area contributed by atoms with Gasteiger partial charge in [0.05, 0.1) is 13.7 Å². The summed E-state index contributed by atoms with van der Waals surface area (Å²) in [7, 11) is 1.35. The molecular formula is C12H15ClO3. The van der Waals surface area contributed by atoms with Crippen molar-refractivity contribution in [2.75, 3.05) is 19.6 Å². The molecular weight excluding hydrogens is 228 g/mol. The molecule has 0 fully saturated rings. The molecule has 0 aromatic heterocycles. The van der Waals surface area contributed by atoms with E-state index in [1.165, 1.54) is 7.11 Å². The average Bonchev–Trinajstić information content (AvgIpc) is 2.34. The van der Waals surface area contributed by atoms with Crippen molar-refractivity contribution < 1.29 is 14.3 Å². The molecule has 16 heavy (non-hydrogen) atoms. The van der Waals surface area contributed by atoms with E-state index in [4.69, 9.17) is 16.3 Å². The molecule has 0 unspecified atom stereocenters. The van der Waals surface area contributed by atoms with Crippen LogP contribution in [0.2, 0.25) is 0 Å². The molecule has 1 aromatic rings. The molecule has 0 aliphatic rings. The lowest BCUT2D eigenvalue weighted by Gasteiger charge is -2.09. The van der Waals surface area contributed by atoms with Crippen molar-refractivity contribution in [3.05, 3.63) is 29.8 Å². The Hall–Kier alpha value is -1.22. The third kappa shape index (κ3) is 3.74. The molecule has 0 spiro atoms. The summed E-state index contributed by atoms with van der Waals surface area (Å²) in [4.78, 5) is 11.4. The number of benzene rings is 1. The third-order valence-corrected chi connectivity index (χ3v) is 2.35. The van der Waals surface area contributed by atoms with E-state index >= 15 is 0 Å². The van der Waals surface area contributed by atoms with E-state index in [1.807, 2.05) is 6.07 Å². The highest BCUT2D eigenvalue weighted by molar-refractivity contribution is 6.17. The van der Waals surface area contributed by atoms with Crippen LogP contribution in [0.15, 0.2) is 24.3 Å². The van der Waals surface area contributed by atoms with Gasteiger partial charge < -0.3 is 9.47 Å². The second-order valence-electron chi connectivity index (χ2n) is 3.23. The Bertz CT molecular complexity index is 339. The summed E-state index contributed by atoms with van der Waals surface area (Å²) in [5, 5.41) is 0. The fourth-order valence-electron chi connectivity index (χ4n) is 1.25. The third-order valence-electron chi connectivity index (χ3n) is 2.08. The number of hydrogen-bond acceptors (Lipinski definition) is 3. The zero-order chi connectivity index (χ0) is 11.8. The first-order valence-electron chi connectivity index (χ1n) is 5.15. The van der Waals surface area contributed by atoms with Gasteiger partial charge in [-0.1, -0.05) is 12.1 Å². The highest BCUT2D eigenvalue weighted by atomic mass is 35.5. The number of unbranched alkanes of at least 4 members (excludes halogenated alkanes) is 1. The van der Waals surface area contributed by atoms with Gasteiger partial charge in [-0.15, -0.1) is 11.6 Å². The topological polar surface area (TPSA) is 35.5 Å². The molecule has 0 atom stereocenters. The SMILES string of the molecule is COC(=O)c1ccccc1OCCCCCl. The summed E-state index contributed by atoms with van der Waals surface area (Å²) < 4.78 is 10.2. The number of carbonyl (C=O) groups excluding carboxylic acids is 1. The Morgan fingerprint density at radius 3 is 2.75 bits per heavy atom. The second-order valence-corrected chi connectivity index (χ2v) is 3.61. The van der Waals surface area contributed by atoms with Crippen LogP contribution in [0.1, 0.15) is 23.2 Å². The Labute approximate surface area is 100 Å². The van der Waals surface area contributed by atoms with E-state index in [1.54, 1.807) is 18.2 Å². The summed E-state index contributed by atoms with van der Waals surface area (Å²) in [5.41, 5.74) is 0.455. The van der Waals surface area contributed by atoms with E-state index in [0.29, 0.717) is 23.8 Å². The monoisotopic (exact) mass is 242 g/mol. The van der Waals surface area contributed by atoms with Crippen LogP contribution in [0.3, 0.4) is 0 Å². The Morgan fingerprint density at radius 1 is 1.31 bits per heavy atom. The first-order chi connectivity index (χ1) is 7.79. The molecule has 0 bridgehead atoms. The molecule has 0 aliphatic carbocycles. The van der Waals surface area contributed by atoms with Gasteiger partial charge >= 0.3 is 5.97 Å². The first kappa shape index (κ1) is 12.8. The molecule has 0 saturated heterocycles. The molecule has 1 aromatic carbocycles. The standard InChI is InChI=1S/C12H15ClO3/c1-15-12(14)10-6-2-3-7-11(10)16-9-5-4-8-13/h2-3,6-7H,4-5,8-9H2,1H3. The van der Waals surface area contributed by atoms with Crippen LogP contribution in [0, 0.1) is 0 Å². The summed E-state index contributed by atoms with van der Waals surface area (Å²) >= 11 is 5.56. The van der Waals surface area contributed by atoms with Gasteiger partial charge in [0.2, 0.25) is 0 Å². The minimum Gasteiger partial charge on any atom is -0.493 e. The smallest absolute Gasteiger partial charge is 0.341 e. The van der Waals surface area contributed by atoms with E-state index in [2.05, 4.69) is 4.74 Å². The lowest BCUT2D eigenvalue weighted by molar-refractivity contribution is 0.0596. The van der Waals surface area contributed by atoms with Crippen LogP contribution >= 0.6 is 11.6 Å². The van der Waals surface area contributed by atoms with Crippen molar-refractivity contribution in [3.8, 4) is 5.75 Å². The Kier molecular flexibility index (Phi) is 5.72. The lowest BCUT2D eigenvalue weighted by Crippen LogP contribution is -2.06. The number of para-hydroxylation sites is 1. The van der Waals surface area contributed by atoms with Gasteiger partial charge in [0.15, 0.2) is 0 Å². The number of methoxy groups -OCH3 is 1. The highest BCUT2D eigenvalue weighted by Gasteiger charge is 2.11. The van der Waals surface area contributed by atoms with Crippen LogP contribution in [-0.2, 0) is 4.74 Å². The van der Waals surface area contributed by atoms with Crippen molar-refractivity contribution in [1.29, 1.82) is 0 Å². The number of esters is 1. The van der Waals surface area contributed by atoms with Gasteiger partial charge in [-0.3, -0.25) is 0 Å². The van der Waals surface area contributed by atoms with Gasteiger partial charge in [-0.2, -0.15) is 0 Å². The van der Waals surface area contributed by atoms with Gasteiger partial charge in [-0.25, -0.2) is 4.79 Å². The molecule has 0 aliphatic heterocycles. The zero-order valence-electron chi connectivity index (χ0n) is 9.24. The molecule has 0 N–H and O–H groups in total. The number of alkyl halides is 1. The molecule has 0 heterocycles. The molecule has 1 rings (SSSR count). The van der Waals surface area contributed by atoms with Crippen molar-refractivity contribution >= 4 is 17.6 Å². The van der Waals surface area contributed by atoms with E-state index < -0.39 is 0 Å². The lowest BCUT2D eigenvalue weighted by atomic mass is 10.2. The fraction of sp³-hybridized carbons (Fsp3) is 0.417. The minimum atomic E-state index is -0.382. The summed E-state index contributed by atoms with van der Waals surface area (Å²) in [6.45, 7) is 0.556. The molecule has 0 saturated carbocycles. The molecule has 3 nitrogen and oxygen atoms in total. The van der Waals surface area contributed by atoms with Gasteiger partial charge in [0, 0.05) is 5.88 Å². The quantitative estimate of drug-likeness (QED) is 0.437. The average molecular weight is 243 g/mol. The maximum absolute atomic E-state index is 11.4. The van der Waals surface area contributed by atoms with Crippen molar-refractivity contribution in [2.24, 2.45) is 0 Å². The maximum Gasteiger partial charge on any atom is 0.341 e. The van der Waals surface area contributed by atoms with Gasteiger partial charge in [0.25, 0.3) is 0 Å². The molecule has 88 valence electrons. The normalized spacial score (nSPS) is 9.88. The molecule has 0 radical (unpaired) electrons. The predicted octanol–water partition coefficient (Wildman–Crippen LogP) is 2.87. The summed E-state index contributed by atoms with van der Waals surface area (Å²) in [5.74, 6) is 0.805. The fourth-order valence-corrected chi connectivity index (χ4v) is 1.44. The van der Waals surface area contributed by atoms with Gasteiger partial charge in [0.1, 0.15) is 11.3 Å². The van der Waals surface area contributed by atoms with Crippen LogP contribution in [-0.4, -0.2) is 25.6 Å². The maximum atomic E-state index is 11.4. The largest absolute Gasteiger partial charge is 0.493 e. The van der Waals surface area contributed by atoms with Crippen LogP contribution in [0.25, 0.3) is 0 Å². The van der Waals surface area contributed by atoms with Crippen molar-refractivity contribution in [3.63, 3.8) is 0 Å². The van der Waals surface area contributed by atoms with Crippen LogP contribution in [0.4, 0.5) is 0 Å². The zero-order valence-corrected chi connectivity index (χ0v) is 10.00. The highest BCUT2D eigenvalue weighted by Crippen LogP contribution is 2.19. The van der Waals surface area contributed by atoms with E-state index in [0.717, 1.165) is 12.8 Å². The Morgan fingerprint density at radius 2 is 2.06 bits per heavy atom. The van der Waals surface area contributed by atoms with Gasteiger partial charge in [-0.05, 0) is 25.0 Å². The number of rotatable bonds is 6. The van der Waals surface area contributed by atoms with E-state index in [-0.39, 0.29) is 5.97 Å². The number of hydrogen-bond donors (Lipinski definition) is 0. The Balaban J connectivity index is 2.60. The van der Waals surface area contributed by atoms with E-state index in [9.17, 15) is 4.79 Å². The van der Waals surface area contributed by atoms with Crippen LogP contribution < -0.4 is 4.74 Å². The first-order valence-corrected chi connectivity index (χ1v) is 5.69. The van der Waals surface area contributed by atoms with Crippen LogP contribution in [0.5, 0.6) is 5.75 Å². The summed E-state index contributed by atoms with van der Waals surface area (Å²) in [6, 6.07) is 7.04. The number of carbonyl (C=O) groups is 1. The minimum absolute atomic E-state index is 0.382. The number of halogens is 1. The number of ether oxygens (including phenoxy) is 2. The van der Waals surface area contributed by atoms with Crippen molar-refractivity contribution in [1.82, 2.24) is 0 Å². The summed E-state index contributed by atoms with van der Waals surface area (Å²) in [6.07, 6.45) is 1.78.